The Hall–Kier alpha value is -2.05. The summed E-state index contributed by atoms with van der Waals surface area (Å²) < 4.78 is 49.5. The van der Waals surface area contributed by atoms with Crippen LogP contribution in [0.1, 0.15) is 115 Å². The molecule has 1 rings (SSSR count). The van der Waals surface area contributed by atoms with Gasteiger partial charge >= 0.3 is 11.9 Å². The van der Waals surface area contributed by atoms with Crippen molar-refractivity contribution < 1.29 is 32.2 Å². The van der Waals surface area contributed by atoms with Crippen LogP contribution in [0.2, 0.25) is 0 Å². The number of unbranched alkanes of at least 4 members (excludes halogenated alkanes) is 12. The fourth-order valence-corrected chi connectivity index (χ4v) is 3.66. The zero-order chi connectivity index (χ0) is 25.0. The summed E-state index contributed by atoms with van der Waals surface area (Å²) in [5.74, 6) is -4.50. The maximum Gasteiger partial charge on any atom is 0.306 e. The van der Waals surface area contributed by atoms with E-state index in [0.717, 1.165) is 19.3 Å². The lowest BCUT2D eigenvalue weighted by Crippen LogP contribution is -2.09. The van der Waals surface area contributed by atoms with Gasteiger partial charge in [-0.2, -0.15) is 0 Å². The van der Waals surface area contributed by atoms with Gasteiger partial charge in [-0.1, -0.05) is 84.0 Å². The third kappa shape index (κ3) is 15.0. The van der Waals surface area contributed by atoms with Crippen molar-refractivity contribution in [2.45, 2.75) is 116 Å². The van der Waals surface area contributed by atoms with Gasteiger partial charge in [0.15, 0.2) is 11.6 Å². The van der Waals surface area contributed by atoms with Crippen molar-refractivity contribution in [2.24, 2.45) is 0 Å². The summed E-state index contributed by atoms with van der Waals surface area (Å²) in [6, 6.07) is 1.07. The Morgan fingerprint density at radius 1 is 0.618 bits per heavy atom. The molecule has 0 amide bonds. The summed E-state index contributed by atoms with van der Waals surface area (Å²) in [4.78, 5) is 23.4. The average molecular weight is 487 g/mol. The minimum absolute atomic E-state index is 0.0425. The zero-order valence-electron chi connectivity index (χ0n) is 20.6. The van der Waals surface area contributed by atoms with Crippen LogP contribution in [0.25, 0.3) is 0 Å². The first-order valence-electron chi connectivity index (χ1n) is 12.9. The molecule has 4 nitrogen and oxygen atoms in total. The maximum absolute atomic E-state index is 13.5. The third-order valence-electron chi connectivity index (χ3n) is 5.75. The molecule has 0 bridgehead atoms. The predicted octanol–water partition coefficient (Wildman–Crippen LogP) is 7.95. The molecule has 0 saturated heterocycles. The molecule has 0 atom stereocenters. The minimum atomic E-state index is -1.30. The van der Waals surface area contributed by atoms with Crippen LogP contribution >= 0.6 is 0 Å². The number of rotatable bonds is 20. The van der Waals surface area contributed by atoms with E-state index in [1.807, 2.05) is 0 Å². The molecule has 0 aliphatic heterocycles. The van der Waals surface area contributed by atoms with Crippen molar-refractivity contribution in [2.75, 3.05) is 6.61 Å². The van der Waals surface area contributed by atoms with E-state index in [2.05, 4.69) is 6.92 Å². The summed E-state index contributed by atoms with van der Waals surface area (Å²) in [5, 5.41) is 0. The molecular formula is C27H41F3O4. The summed E-state index contributed by atoms with van der Waals surface area (Å²) in [5.41, 5.74) is -0.246. The Morgan fingerprint density at radius 2 is 1.09 bits per heavy atom. The number of ether oxygens (including phenoxy) is 2. The molecule has 0 saturated carbocycles. The average Bonchev–Trinajstić information content (AvgIpc) is 2.80. The minimum Gasteiger partial charge on any atom is -0.466 e. The van der Waals surface area contributed by atoms with E-state index in [-0.39, 0.29) is 30.8 Å². The van der Waals surface area contributed by atoms with Crippen molar-refractivity contribution in [1.29, 1.82) is 0 Å². The number of benzene rings is 1. The molecule has 1 aromatic carbocycles. The number of carbonyl (C=O) groups is 2. The second kappa shape index (κ2) is 19.3. The molecular weight excluding hydrogens is 445 g/mol. The van der Waals surface area contributed by atoms with Crippen molar-refractivity contribution in [3.8, 4) is 0 Å². The second-order valence-corrected chi connectivity index (χ2v) is 8.84. The molecule has 0 fully saturated rings. The topological polar surface area (TPSA) is 52.6 Å². The predicted molar refractivity (Wildman–Crippen MR) is 127 cm³/mol. The van der Waals surface area contributed by atoms with E-state index >= 15 is 0 Å². The maximum atomic E-state index is 13.5. The molecule has 0 spiro atoms. The van der Waals surface area contributed by atoms with E-state index in [4.69, 9.17) is 9.47 Å². The van der Waals surface area contributed by atoms with Gasteiger partial charge in [0.2, 0.25) is 0 Å². The van der Waals surface area contributed by atoms with E-state index in [9.17, 15) is 22.8 Å². The SMILES string of the molecule is CCCCCCCCCCCCCCCOC(=O)CCCC(=O)OCc1cc(F)c(F)cc1F. The molecule has 0 aliphatic carbocycles. The van der Waals surface area contributed by atoms with Crippen LogP contribution in [-0.2, 0) is 25.7 Å². The third-order valence-corrected chi connectivity index (χ3v) is 5.75. The first-order valence-corrected chi connectivity index (χ1v) is 12.9. The number of carbonyl (C=O) groups excluding carboxylic acids is 2. The van der Waals surface area contributed by atoms with Gasteiger partial charge in [-0.05, 0) is 18.9 Å². The first kappa shape index (κ1) is 30.0. The number of hydrogen-bond acceptors (Lipinski definition) is 4. The van der Waals surface area contributed by atoms with Gasteiger partial charge in [0.1, 0.15) is 12.4 Å². The normalized spacial score (nSPS) is 10.9. The largest absolute Gasteiger partial charge is 0.466 e. The number of halogens is 3. The van der Waals surface area contributed by atoms with Gasteiger partial charge in [0.05, 0.1) is 6.61 Å². The molecule has 194 valence electrons. The van der Waals surface area contributed by atoms with Crippen LogP contribution in [0.5, 0.6) is 0 Å². The van der Waals surface area contributed by atoms with Crippen LogP contribution in [-0.4, -0.2) is 18.5 Å². The summed E-state index contributed by atoms with van der Waals surface area (Å²) in [6.07, 6.45) is 16.6. The Balaban J connectivity index is 1.92. The fraction of sp³-hybridized carbons (Fsp3) is 0.704. The molecule has 0 aromatic heterocycles. The van der Waals surface area contributed by atoms with Gasteiger partial charge in [-0.3, -0.25) is 9.59 Å². The van der Waals surface area contributed by atoms with E-state index in [1.54, 1.807) is 0 Å². The highest BCUT2D eigenvalue weighted by Crippen LogP contribution is 2.15. The Kier molecular flexibility index (Phi) is 17.0. The lowest BCUT2D eigenvalue weighted by atomic mass is 10.0. The van der Waals surface area contributed by atoms with Crippen molar-refractivity contribution in [3.63, 3.8) is 0 Å². The second-order valence-electron chi connectivity index (χ2n) is 8.84. The van der Waals surface area contributed by atoms with Gasteiger partial charge in [0, 0.05) is 24.5 Å². The van der Waals surface area contributed by atoms with Crippen LogP contribution in [0.15, 0.2) is 12.1 Å². The highest BCUT2D eigenvalue weighted by Gasteiger charge is 2.12. The van der Waals surface area contributed by atoms with Gasteiger partial charge in [-0.25, -0.2) is 13.2 Å². The van der Waals surface area contributed by atoms with Crippen molar-refractivity contribution in [3.05, 3.63) is 35.1 Å². The monoisotopic (exact) mass is 486 g/mol. The van der Waals surface area contributed by atoms with Crippen molar-refractivity contribution in [1.82, 2.24) is 0 Å². The Morgan fingerprint density at radius 3 is 1.65 bits per heavy atom. The highest BCUT2D eigenvalue weighted by atomic mass is 19.2. The highest BCUT2D eigenvalue weighted by molar-refractivity contribution is 5.72. The molecule has 0 N–H and O–H groups in total. The lowest BCUT2D eigenvalue weighted by Gasteiger charge is -2.07. The summed E-state index contributed by atoms with van der Waals surface area (Å²) in [7, 11) is 0. The standard InChI is InChI=1S/C27H41F3O4/c1-2-3-4-5-6-7-8-9-10-11-12-13-14-18-33-26(31)16-15-17-27(32)34-21-22-19-24(29)25(30)20-23(22)28/h19-20H,2-18,21H2,1H3. The Labute approximate surface area is 202 Å². The van der Waals surface area contributed by atoms with E-state index < -0.39 is 30.0 Å². The molecule has 0 aliphatic rings. The van der Waals surface area contributed by atoms with Gasteiger partial charge in [0.25, 0.3) is 0 Å². The van der Waals surface area contributed by atoms with Gasteiger partial charge < -0.3 is 9.47 Å². The fourth-order valence-electron chi connectivity index (χ4n) is 3.66. The smallest absolute Gasteiger partial charge is 0.306 e. The lowest BCUT2D eigenvalue weighted by molar-refractivity contribution is -0.146. The molecule has 0 heterocycles. The molecule has 0 unspecified atom stereocenters. The molecule has 34 heavy (non-hydrogen) atoms. The van der Waals surface area contributed by atoms with Crippen LogP contribution in [0.4, 0.5) is 13.2 Å². The van der Waals surface area contributed by atoms with Crippen LogP contribution in [0.3, 0.4) is 0 Å². The summed E-state index contributed by atoms with van der Waals surface area (Å²) >= 11 is 0. The van der Waals surface area contributed by atoms with E-state index in [1.165, 1.54) is 64.2 Å². The van der Waals surface area contributed by atoms with Crippen LogP contribution in [0, 0.1) is 17.5 Å². The van der Waals surface area contributed by atoms with Crippen molar-refractivity contribution >= 4 is 11.9 Å². The molecule has 1 aromatic rings. The quantitative estimate of drug-likeness (QED) is 0.107. The Bertz CT molecular complexity index is 709. The molecule has 0 radical (unpaired) electrons. The number of hydrogen-bond donors (Lipinski definition) is 0. The summed E-state index contributed by atoms with van der Waals surface area (Å²) in [6.45, 7) is 2.13. The molecule has 7 heteroatoms. The van der Waals surface area contributed by atoms with Crippen LogP contribution < -0.4 is 0 Å². The number of esters is 2. The first-order chi connectivity index (χ1) is 16.4. The van der Waals surface area contributed by atoms with E-state index in [0.29, 0.717) is 18.7 Å². The zero-order valence-corrected chi connectivity index (χ0v) is 20.6. The van der Waals surface area contributed by atoms with Gasteiger partial charge in [-0.15, -0.1) is 0 Å².